The van der Waals surface area contributed by atoms with Crippen LogP contribution < -0.4 is 16.1 Å². The van der Waals surface area contributed by atoms with E-state index in [0.29, 0.717) is 42.1 Å². The molecule has 0 atom stereocenters. The molecule has 1 aromatic carbocycles. The van der Waals surface area contributed by atoms with Gasteiger partial charge >= 0.3 is 5.69 Å². The summed E-state index contributed by atoms with van der Waals surface area (Å²) in [5.74, 6) is 0.372. The lowest BCUT2D eigenvalue weighted by Gasteiger charge is -2.17. The average molecular weight is 329 g/mol. The van der Waals surface area contributed by atoms with Crippen molar-refractivity contribution in [2.75, 3.05) is 11.4 Å². The molecule has 2 aromatic heterocycles. The molecule has 0 unspecified atom stereocenters. The lowest BCUT2D eigenvalue weighted by molar-refractivity contribution is 0.615. The minimum Gasteiger partial charge on any atom is -0.363 e. The number of nitrogens with zero attached hydrogens (tertiary/aromatic N) is 4. The highest BCUT2D eigenvalue weighted by Gasteiger charge is 2.23. The number of H-pyrrole nitrogens is 1. The molecule has 0 radical (unpaired) electrons. The van der Waals surface area contributed by atoms with Gasteiger partial charge in [-0.3, -0.25) is 13.9 Å². The second-order valence-electron chi connectivity index (χ2n) is 6.00. The maximum absolute atomic E-state index is 13.8. The lowest BCUT2D eigenvalue weighted by atomic mass is 10.1. The van der Waals surface area contributed by atoms with Crippen molar-refractivity contribution < 1.29 is 4.39 Å². The number of rotatable bonds is 2. The zero-order valence-corrected chi connectivity index (χ0v) is 13.3. The quantitative estimate of drug-likeness (QED) is 0.749. The van der Waals surface area contributed by atoms with E-state index >= 15 is 0 Å². The van der Waals surface area contributed by atoms with Crippen LogP contribution in [0.25, 0.3) is 11.2 Å². The van der Waals surface area contributed by atoms with Crippen molar-refractivity contribution in [3.05, 3.63) is 56.2 Å². The van der Waals surface area contributed by atoms with Crippen LogP contribution in [0.1, 0.15) is 11.4 Å². The molecule has 0 saturated carbocycles. The van der Waals surface area contributed by atoms with Gasteiger partial charge in [0.2, 0.25) is 0 Å². The third kappa shape index (κ3) is 1.99. The first kappa shape index (κ1) is 14.7. The number of fused-ring (bicyclic) bond motifs is 2. The summed E-state index contributed by atoms with van der Waals surface area (Å²) in [5, 5.41) is 0. The van der Waals surface area contributed by atoms with Crippen LogP contribution in [0.5, 0.6) is 0 Å². The van der Waals surface area contributed by atoms with E-state index in [-0.39, 0.29) is 5.82 Å². The summed E-state index contributed by atoms with van der Waals surface area (Å²) < 4.78 is 16.2. The van der Waals surface area contributed by atoms with Crippen LogP contribution in [-0.2, 0) is 27.1 Å². The van der Waals surface area contributed by atoms with Gasteiger partial charge in [0.05, 0.1) is 6.54 Å². The smallest absolute Gasteiger partial charge is 0.332 e. The Hall–Kier alpha value is -2.90. The number of aromatic amines is 1. The molecule has 3 heterocycles. The lowest BCUT2D eigenvalue weighted by Crippen LogP contribution is -2.36. The molecule has 1 aliphatic rings. The molecule has 1 aliphatic heterocycles. The molecule has 3 aromatic rings. The monoisotopic (exact) mass is 329 g/mol. The highest BCUT2D eigenvalue weighted by molar-refractivity contribution is 5.70. The molecule has 0 spiro atoms. The summed E-state index contributed by atoms with van der Waals surface area (Å²) in [4.78, 5) is 33.6. The number of halogens is 1. The topological polar surface area (TPSA) is 75.9 Å². The number of nitrogens with one attached hydrogen (secondary N) is 1. The van der Waals surface area contributed by atoms with Gasteiger partial charge in [0, 0.05) is 31.9 Å². The van der Waals surface area contributed by atoms with Gasteiger partial charge in [0.25, 0.3) is 5.56 Å². The van der Waals surface area contributed by atoms with Gasteiger partial charge in [-0.05, 0) is 18.6 Å². The predicted molar refractivity (Wildman–Crippen MR) is 87.7 cm³/mol. The van der Waals surface area contributed by atoms with Crippen molar-refractivity contribution in [2.45, 2.75) is 13.0 Å². The van der Waals surface area contributed by atoms with Crippen LogP contribution >= 0.6 is 0 Å². The fourth-order valence-corrected chi connectivity index (χ4v) is 3.25. The standard InChI is InChI=1S/C16H16FN5O2/c1-20-14-13(15(23)21(2)16(20)24)18-12(19-14)8-22-7-6-9-10(17)4-3-5-11(9)22/h3-5H,6-8H2,1-2H3,(H,18,19). The normalized spacial score (nSPS) is 13.7. The summed E-state index contributed by atoms with van der Waals surface area (Å²) in [5.41, 5.74) is 1.36. The maximum atomic E-state index is 13.8. The number of aromatic nitrogens is 4. The molecule has 0 aliphatic carbocycles. The molecule has 0 saturated heterocycles. The number of imidazole rings is 1. The number of hydrogen-bond donors (Lipinski definition) is 1. The molecule has 0 amide bonds. The second-order valence-corrected chi connectivity index (χ2v) is 6.00. The third-order valence-electron chi connectivity index (χ3n) is 4.55. The molecule has 0 fully saturated rings. The summed E-state index contributed by atoms with van der Waals surface area (Å²) in [6.07, 6.45) is 0.641. The third-order valence-corrected chi connectivity index (χ3v) is 4.55. The highest BCUT2D eigenvalue weighted by Crippen LogP contribution is 2.30. The maximum Gasteiger partial charge on any atom is 0.332 e. The van der Waals surface area contributed by atoms with E-state index in [4.69, 9.17) is 0 Å². The van der Waals surface area contributed by atoms with Crippen LogP contribution in [0.15, 0.2) is 27.8 Å². The van der Waals surface area contributed by atoms with Crippen LogP contribution in [0.2, 0.25) is 0 Å². The molecule has 7 nitrogen and oxygen atoms in total. The van der Waals surface area contributed by atoms with E-state index in [1.807, 2.05) is 11.0 Å². The number of aryl methyl sites for hydroxylation is 1. The van der Waals surface area contributed by atoms with E-state index in [1.54, 1.807) is 13.1 Å². The van der Waals surface area contributed by atoms with Crippen LogP contribution in [-0.4, -0.2) is 25.6 Å². The Morgan fingerprint density at radius 1 is 1.25 bits per heavy atom. The van der Waals surface area contributed by atoms with Crippen molar-refractivity contribution in [2.24, 2.45) is 14.1 Å². The van der Waals surface area contributed by atoms with Gasteiger partial charge in [0.15, 0.2) is 5.65 Å². The largest absolute Gasteiger partial charge is 0.363 e. The second kappa shape index (κ2) is 5.05. The zero-order chi connectivity index (χ0) is 17.0. The minimum absolute atomic E-state index is 0.198. The van der Waals surface area contributed by atoms with Crippen LogP contribution in [0.3, 0.4) is 0 Å². The Kier molecular flexibility index (Phi) is 3.09. The molecule has 0 bridgehead atoms. The van der Waals surface area contributed by atoms with E-state index in [1.165, 1.54) is 17.7 Å². The first-order chi connectivity index (χ1) is 11.5. The Bertz CT molecular complexity index is 1080. The van der Waals surface area contributed by atoms with Crippen LogP contribution in [0, 0.1) is 5.82 Å². The zero-order valence-electron chi connectivity index (χ0n) is 13.3. The minimum atomic E-state index is -0.417. The van der Waals surface area contributed by atoms with Crippen molar-refractivity contribution in [3.8, 4) is 0 Å². The van der Waals surface area contributed by atoms with Gasteiger partial charge in [0.1, 0.15) is 17.2 Å². The average Bonchev–Trinajstić information content (AvgIpc) is 3.17. The number of hydrogen-bond acceptors (Lipinski definition) is 4. The first-order valence-electron chi connectivity index (χ1n) is 7.64. The predicted octanol–water partition coefficient (Wildman–Crippen LogP) is 0.662. The fraction of sp³-hybridized carbons (Fsp3) is 0.312. The summed E-state index contributed by atoms with van der Waals surface area (Å²) in [7, 11) is 3.01. The highest BCUT2D eigenvalue weighted by atomic mass is 19.1. The first-order valence-corrected chi connectivity index (χ1v) is 7.64. The summed E-state index contributed by atoms with van der Waals surface area (Å²) >= 11 is 0. The SMILES string of the molecule is Cn1c(=O)c2[nH]c(CN3CCc4c(F)cccc43)nc2n(C)c1=O. The Morgan fingerprint density at radius 3 is 2.83 bits per heavy atom. The number of anilines is 1. The van der Waals surface area contributed by atoms with Crippen LogP contribution in [0.4, 0.5) is 10.1 Å². The Balaban J connectivity index is 1.77. The number of benzene rings is 1. The van der Waals surface area contributed by atoms with Crippen molar-refractivity contribution in [1.82, 2.24) is 19.1 Å². The summed E-state index contributed by atoms with van der Waals surface area (Å²) in [6.45, 7) is 1.10. The molecule has 4 rings (SSSR count). The Labute approximate surface area is 136 Å². The van der Waals surface area contributed by atoms with E-state index in [9.17, 15) is 14.0 Å². The summed E-state index contributed by atoms with van der Waals surface area (Å²) in [6, 6.07) is 5.02. The molecule has 8 heteroatoms. The molecule has 1 N–H and O–H groups in total. The molecular formula is C16H16FN5O2. The van der Waals surface area contributed by atoms with Crippen molar-refractivity contribution in [1.29, 1.82) is 0 Å². The van der Waals surface area contributed by atoms with Gasteiger partial charge in [-0.15, -0.1) is 0 Å². The molecular weight excluding hydrogens is 313 g/mol. The van der Waals surface area contributed by atoms with Crippen molar-refractivity contribution in [3.63, 3.8) is 0 Å². The van der Waals surface area contributed by atoms with Gasteiger partial charge in [-0.25, -0.2) is 14.2 Å². The van der Waals surface area contributed by atoms with E-state index in [0.717, 1.165) is 10.3 Å². The van der Waals surface area contributed by atoms with E-state index in [2.05, 4.69) is 9.97 Å². The van der Waals surface area contributed by atoms with Gasteiger partial charge < -0.3 is 9.88 Å². The Morgan fingerprint density at radius 2 is 2.04 bits per heavy atom. The van der Waals surface area contributed by atoms with Crippen molar-refractivity contribution >= 4 is 16.9 Å². The molecule has 124 valence electrons. The molecule has 24 heavy (non-hydrogen) atoms. The van der Waals surface area contributed by atoms with Gasteiger partial charge in [-0.2, -0.15) is 0 Å². The fourth-order valence-electron chi connectivity index (χ4n) is 3.25. The van der Waals surface area contributed by atoms with Gasteiger partial charge in [-0.1, -0.05) is 6.07 Å². The van der Waals surface area contributed by atoms with E-state index < -0.39 is 11.2 Å².